The van der Waals surface area contributed by atoms with E-state index in [1.165, 1.54) is 0 Å². The van der Waals surface area contributed by atoms with Gasteiger partial charge in [0.05, 0.1) is 10.7 Å². The molecule has 4 heteroatoms. The van der Waals surface area contributed by atoms with Gasteiger partial charge in [0.25, 0.3) is 0 Å². The van der Waals surface area contributed by atoms with E-state index in [1.807, 2.05) is 19.1 Å². The second kappa shape index (κ2) is 7.80. The molecule has 1 heterocycles. The van der Waals surface area contributed by atoms with E-state index >= 15 is 0 Å². The quantitative estimate of drug-likeness (QED) is 0.631. The Morgan fingerprint density at radius 1 is 1.61 bits per heavy atom. The Morgan fingerprint density at radius 2 is 2.39 bits per heavy atom. The standard InChI is InChI=1S/C14H18ClN3/c1-4-5-8-16-11(2)12(3)17-10-14-7-6-13(15)9-18-14/h4-9,12,17H,1,10H2,2-3H3/b8-5-,16-11?/t12-/m1/s1. The zero-order valence-electron chi connectivity index (χ0n) is 10.7. The average Bonchev–Trinajstić information content (AvgIpc) is 2.38. The lowest BCUT2D eigenvalue weighted by atomic mass is 10.2. The molecule has 1 aromatic heterocycles. The van der Waals surface area contributed by atoms with Crippen molar-refractivity contribution in [3.63, 3.8) is 0 Å². The Labute approximate surface area is 113 Å². The summed E-state index contributed by atoms with van der Waals surface area (Å²) >= 11 is 5.78. The third kappa shape index (κ3) is 5.25. The predicted octanol–water partition coefficient (Wildman–Crippen LogP) is 3.37. The van der Waals surface area contributed by atoms with Gasteiger partial charge in [0.15, 0.2) is 0 Å². The second-order valence-corrected chi connectivity index (χ2v) is 4.35. The maximum Gasteiger partial charge on any atom is 0.0589 e. The molecular formula is C14H18ClN3. The molecule has 0 aliphatic heterocycles. The Bertz CT molecular complexity index is 435. The minimum atomic E-state index is 0.192. The van der Waals surface area contributed by atoms with E-state index in [0.29, 0.717) is 11.6 Å². The van der Waals surface area contributed by atoms with Crippen molar-refractivity contribution in [1.82, 2.24) is 10.3 Å². The molecule has 0 aliphatic rings. The van der Waals surface area contributed by atoms with Gasteiger partial charge in [-0.25, -0.2) is 0 Å². The monoisotopic (exact) mass is 263 g/mol. The van der Waals surface area contributed by atoms with Gasteiger partial charge in [-0.15, -0.1) is 0 Å². The molecule has 18 heavy (non-hydrogen) atoms. The minimum absolute atomic E-state index is 0.192. The van der Waals surface area contributed by atoms with E-state index in [9.17, 15) is 0 Å². The number of halogens is 1. The summed E-state index contributed by atoms with van der Waals surface area (Å²) in [7, 11) is 0. The number of allylic oxidation sites excluding steroid dienone is 2. The van der Waals surface area contributed by atoms with Crippen molar-refractivity contribution in [2.24, 2.45) is 4.99 Å². The molecule has 3 nitrogen and oxygen atoms in total. The van der Waals surface area contributed by atoms with Gasteiger partial charge in [-0.05, 0) is 32.1 Å². The number of aromatic nitrogens is 1. The van der Waals surface area contributed by atoms with Crippen molar-refractivity contribution < 1.29 is 0 Å². The van der Waals surface area contributed by atoms with E-state index in [1.54, 1.807) is 24.5 Å². The Hall–Kier alpha value is -1.45. The van der Waals surface area contributed by atoms with Gasteiger partial charge in [0.1, 0.15) is 0 Å². The fourth-order valence-electron chi connectivity index (χ4n) is 1.25. The molecule has 1 rings (SSSR count). The molecule has 0 saturated heterocycles. The summed E-state index contributed by atoms with van der Waals surface area (Å²) in [4.78, 5) is 8.52. The summed E-state index contributed by atoms with van der Waals surface area (Å²) < 4.78 is 0. The zero-order chi connectivity index (χ0) is 13.4. The van der Waals surface area contributed by atoms with E-state index in [2.05, 4.69) is 28.8 Å². The lowest BCUT2D eigenvalue weighted by Gasteiger charge is -2.12. The lowest BCUT2D eigenvalue weighted by Crippen LogP contribution is -2.32. The molecular weight excluding hydrogens is 246 g/mol. The molecule has 0 fully saturated rings. The predicted molar refractivity (Wildman–Crippen MR) is 78.0 cm³/mol. The minimum Gasteiger partial charge on any atom is -0.303 e. The van der Waals surface area contributed by atoms with Gasteiger partial charge in [0.2, 0.25) is 0 Å². The van der Waals surface area contributed by atoms with Crippen LogP contribution in [0.3, 0.4) is 0 Å². The highest BCUT2D eigenvalue weighted by atomic mass is 35.5. The molecule has 0 bridgehead atoms. The van der Waals surface area contributed by atoms with Crippen molar-refractivity contribution >= 4 is 17.3 Å². The first-order chi connectivity index (χ1) is 8.63. The summed E-state index contributed by atoms with van der Waals surface area (Å²) in [6, 6.07) is 3.94. The summed E-state index contributed by atoms with van der Waals surface area (Å²) in [6.45, 7) is 8.34. The Morgan fingerprint density at radius 3 is 3.00 bits per heavy atom. The number of hydrogen-bond acceptors (Lipinski definition) is 3. The molecule has 1 atom stereocenters. The molecule has 0 aromatic carbocycles. The van der Waals surface area contributed by atoms with Crippen LogP contribution in [0, 0.1) is 0 Å². The van der Waals surface area contributed by atoms with Crippen LogP contribution in [0.25, 0.3) is 0 Å². The van der Waals surface area contributed by atoms with Crippen molar-refractivity contribution in [1.29, 1.82) is 0 Å². The molecule has 96 valence electrons. The van der Waals surface area contributed by atoms with Gasteiger partial charge in [-0.3, -0.25) is 9.98 Å². The number of nitrogens with zero attached hydrogens (tertiary/aromatic N) is 2. The topological polar surface area (TPSA) is 37.3 Å². The van der Waals surface area contributed by atoms with E-state index in [-0.39, 0.29) is 6.04 Å². The van der Waals surface area contributed by atoms with Crippen molar-refractivity contribution in [2.75, 3.05) is 0 Å². The van der Waals surface area contributed by atoms with Crippen LogP contribution in [-0.2, 0) is 6.54 Å². The van der Waals surface area contributed by atoms with Crippen LogP contribution in [-0.4, -0.2) is 16.7 Å². The number of hydrogen-bond donors (Lipinski definition) is 1. The third-order valence-electron chi connectivity index (χ3n) is 2.50. The van der Waals surface area contributed by atoms with Crippen LogP contribution >= 0.6 is 11.6 Å². The number of nitrogens with one attached hydrogen (secondary N) is 1. The van der Waals surface area contributed by atoms with Gasteiger partial charge < -0.3 is 5.32 Å². The summed E-state index contributed by atoms with van der Waals surface area (Å²) in [5.41, 5.74) is 1.97. The highest BCUT2D eigenvalue weighted by Gasteiger charge is 2.04. The maximum absolute atomic E-state index is 5.78. The third-order valence-corrected chi connectivity index (χ3v) is 2.73. The zero-order valence-corrected chi connectivity index (χ0v) is 11.5. The normalized spacial score (nSPS) is 13.8. The molecule has 0 radical (unpaired) electrons. The van der Waals surface area contributed by atoms with E-state index < -0.39 is 0 Å². The SMILES string of the molecule is C=C/C=C\N=C(C)[C@@H](C)NCc1ccc(Cl)cn1. The van der Waals surface area contributed by atoms with E-state index in [4.69, 9.17) is 11.6 Å². The Kier molecular flexibility index (Phi) is 6.33. The van der Waals surface area contributed by atoms with Gasteiger partial charge >= 0.3 is 0 Å². The lowest BCUT2D eigenvalue weighted by molar-refractivity contribution is 0.645. The van der Waals surface area contributed by atoms with Crippen LogP contribution in [0.1, 0.15) is 19.5 Å². The molecule has 1 N–H and O–H groups in total. The van der Waals surface area contributed by atoms with Crippen LogP contribution in [0.5, 0.6) is 0 Å². The van der Waals surface area contributed by atoms with Crippen LogP contribution in [0.15, 0.2) is 48.3 Å². The maximum atomic E-state index is 5.78. The highest BCUT2D eigenvalue weighted by molar-refractivity contribution is 6.30. The fourth-order valence-corrected chi connectivity index (χ4v) is 1.36. The first kappa shape index (κ1) is 14.6. The summed E-state index contributed by atoms with van der Waals surface area (Å²) in [5, 5.41) is 4.00. The molecule has 0 saturated carbocycles. The van der Waals surface area contributed by atoms with Crippen LogP contribution < -0.4 is 5.32 Å². The fraction of sp³-hybridized carbons (Fsp3) is 0.286. The molecule has 0 aliphatic carbocycles. The largest absolute Gasteiger partial charge is 0.303 e. The number of pyridine rings is 1. The van der Waals surface area contributed by atoms with Crippen molar-refractivity contribution in [3.05, 3.63) is 54.0 Å². The van der Waals surface area contributed by atoms with Crippen molar-refractivity contribution in [2.45, 2.75) is 26.4 Å². The molecule has 1 aromatic rings. The van der Waals surface area contributed by atoms with Gasteiger partial charge in [0, 0.05) is 30.7 Å². The highest BCUT2D eigenvalue weighted by Crippen LogP contribution is 2.06. The average molecular weight is 264 g/mol. The Balaban J connectivity index is 2.47. The van der Waals surface area contributed by atoms with Crippen LogP contribution in [0.4, 0.5) is 0 Å². The summed E-state index contributed by atoms with van der Waals surface area (Å²) in [5.74, 6) is 0. The molecule has 0 unspecified atom stereocenters. The van der Waals surface area contributed by atoms with E-state index in [0.717, 1.165) is 11.4 Å². The molecule has 0 amide bonds. The number of rotatable bonds is 6. The first-order valence-electron chi connectivity index (χ1n) is 5.79. The van der Waals surface area contributed by atoms with Crippen LogP contribution in [0.2, 0.25) is 5.02 Å². The van der Waals surface area contributed by atoms with Gasteiger partial charge in [-0.1, -0.05) is 24.3 Å². The number of aliphatic imine (C=N–C) groups is 1. The first-order valence-corrected chi connectivity index (χ1v) is 6.17. The van der Waals surface area contributed by atoms with Gasteiger partial charge in [-0.2, -0.15) is 0 Å². The molecule has 0 spiro atoms. The van der Waals surface area contributed by atoms with Crippen molar-refractivity contribution in [3.8, 4) is 0 Å². The smallest absolute Gasteiger partial charge is 0.0589 e. The summed E-state index contributed by atoms with van der Waals surface area (Å²) in [6.07, 6.45) is 6.89. The second-order valence-electron chi connectivity index (χ2n) is 3.92.